The number of rotatable bonds is 4. The van der Waals surface area contributed by atoms with Crippen LogP contribution in [0.15, 0.2) is 62.9 Å². The Morgan fingerprint density at radius 1 is 1.23 bits per heavy atom. The maximum Gasteiger partial charge on any atom is 0.286 e. The van der Waals surface area contributed by atoms with Crippen molar-refractivity contribution in [1.82, 2.24) is 5.32 Å². The maximum atomic E-state index is 12.0. The van der Waals surface area contributed by atoms with E-state index in [1.807, 2.05) is 48.5 Å². The van der Waals surface area contributed by atoms with Crippen LogP contribution in [0.1, 0.15) is 18.1 Å². The Bertz CT molecular complexity index is 907. The fraction of sp³-hybridized carbons (Fsp3) is 0.105. The van der Waals surface area contributed by atoms with E-state index in [-0.39, 0.29) is 11.8 Å². The van der Waals surface area contributed by atoms with E-state index in [1.165, 1.54) is 6.92 Å². The number of nitrogens with one attached hydrogen (secondary N) is 1. The van der Waals surface area contributed by atoms with Crippen molar-refractivity contribution in [1.29, 1.82) is 0 Å². The third kappa shape index (κ3) is 4.83. The molecule has 0 radical (unpaired) electrons. The van der Waals surface area contributed by atoms with Crippen molar-refractivity contribution < 1.29 is 14.3 Å². The molecule has 1 N–H and O–H groups in total. The molecule has 1 heterocycles. The fourth-order valence-electron chi connectivity index (χ4n) is 2.23. The number of amidine groups is 1. The Morgan fingerprint density at radius 3 is 2.69 bits per heavy atom. The average Bonchev–Trinajstić information content (AvgIpc) is 2.94. The lowest BCUT2D eigenvalue weighted by atomic mass is 10.2. The van der Waals surface area contributed by atoms with E-state index in [0.717, 1.165) is 27.4 Å². The van der Waals surface area contributed by atoms with Gasteiger partial charge in [0.05, 0.1) is 4.91 Å². The summed E-state index contributed by atoms with van der Waals surface area (Å²) in [5, 5.41) is 2.82. The molecule has 132 valence electrons. The number of carbonyl (C=O) groups excluding carboxylic acids is 2. The number of amides is 2. The second-order valence-electron chi connectivity index (χ2n) is 5.47. The summed E-state index contributed by atoms with van der Waals surface area (Å²) in [6.07, 6.45) is 1.72. The molecule has 7 heteroatoms. The Labute approximate surface area is 163 Å². The summed E-state index contributed by atoms with van der Waals surface area (Å²) in [6, 6.07) is 15.4. The van der Waals surface area contributed by atoms with Crippen molar-refractivity contribution in [2.45, 2.75) is 13.5 Å². The number of ether oxygens (including phenoxy) is 1. The number of para-hydroxylation sites is 1. The van der Waals surface area contributed by atoms with Gasteiger partial charge in [-0.2, -0.15) is 4.99 Å². The van der Waals surface area contributed by atoms with Crippen LogP contribution < -0.4 is 10.1 Å². The highest BCUT2D eigenvalue weighted by molar-refractivity contribution is 9.10. The fourth-order valence-corrected chi connectivity index (χ4v) is 3.34. The third-order valence-corrected chi connectivity index (χ3v) is 4.84. The molecule has 3 rings (SSSR count). The molecule has 2 aromatic carbocycles. The first-order valence-electron chi connectivity index (χ1n) is 7.78. The number of benzene rings is 2. The monoisotopic (exact) mass is 430 g/mol. The largest absolute Gasteiger partial charge is 0.488 e. The second kappa shape index (κ2) is 8.33. The van der Waals surface area contributed by atoms with Gasteiger partial charge in [-0.15, -0.1) is 0 Å². The summed E-state index contributed by atoms with van der Waals surface area (Å²) >= 11 is 4.54. The van der Waals surface area contributed by atoms with Crippen molar-refractivity contribution >= 4 is 50.7 Å². The van der Waals surface area contributed by atoms with Gasteiger partial charge in [0.2, 0.25) is 5.91 Å². The first-order valence-corrected chi connectivity index (χ1v) is 9.38. The summed E-state index contributed by atoms with van der Waals surface area (Å²) in [5.74, 6) is 0.0364. The van der Waals surface area contributed by atoms with Crippen LogP contribution >= 0.6 is 27.7 Å². The Morgan fingerprint density at radius 2 is 1.96 bits per heavy atom. The average molecular weight is 431 g/mol. The zero-order valence-corrected chi connectivity index (χ0v) is 16.3. The zero-order valence-electron chi connectivity index (χ0n) is 13.9. The van der Waals surface area contributed by atoms with E-state index < -0.39 is 0 Å². The van der Waals surface area contributed by atoms with Crippen LogP contribution in [0.25, 0.3) is 6.08 Å². The number of aliphatic imine (C=N–C) groups is 1. The SMILES string of the molecule is CC(=O)NC1=NC(=O)/C(=C\c2ccccc2OCc2ccc(Br)cc2)S1. The van der Waals surface area contributed by atoms with Crippen LogP contribution in [0.2, 0.25) is 0 Å². The van der Waals surface area contributed by atoms with E-state index in [2.05, 4.69) is 26.2 Å². The molecular weight excluding hydrogens is 416 g/mol. The molecule has 5 nitrogen and oxygen atoms in total. The van der Waals surface area contributed by atoms with Gasteiger partial charge in [-0.25, -0.2) is 0 Å². The topological polar surface area (TPSA) is 67.8 Å². The Hall–Kier alpha value is -2.38. The molecule has 0 saturated heterocycles. The van der Waals surface area contributed by atoms with Crippen LogP contribution in [0, 0.1) is 0 Å². The Kier molecular flexibility index (Phi) is 5.90. The van der Waals surface area contributed by atoms with E-state index in [1.54, 1.807) is 6.08 Å². The van der Waals surface area contributed by atoms with Gasteiger partial charge in [0.25, 0.3) is 5.91 Å². The van der Waals surface area contributed by atoms with Gasteiger partial charge in [-0.05, 0) is 41.6 Å². The molecule has 0 unspecified atom stereocenters. The number of nitrogens with zero attached hydrogens (tertiary/aromatic N) is 1. The normalized spacial score (nSPS) is 15.1. The molecule has 0 aromatic heterocycles. The highest BCUT2D eigenvalue weighted by Gasteiger charge is 2.22. The molecule has 0 aliphatic carbocycles. The highest BCUT2D eigenvalue weighted by atomic mass is 79.9. The molecule has 1 aliphatic heterocycles. The van der Waals surface area contributed by atoms with Crippen molar-refractivity contribution in [3.63, 3.8) is 0 Å². The van der Waals surface area contributed by atoms with Gasteiger partial charge in [0, 0.05) is 17.0 Å². The quantitative estimate of drug-likeness (QED) is 0.740. The van der Waals surface area contributed by atoms with E-state index in [0.29, 0.717) is 22.4 Å². The predicted molar refractivity (Wildman–Crippen MR) is 107 cm³/mol. The number of hydrogen-bond acceptors (Lipinski definition) is 4. The van der Waals surface area contributed by atoms with Crippen LogP contribution in [0.3, 0.4) is 0 Å². The molecule has 2 aromatic rings. The van der Waals surface area contributed by atoms with Crippen molar-refractivity contribution in [3.05, 3.63) is 69.0 Å². The summed E-state index contributed by atoms with van der Waals surface area (Å²) < 4.78 is 6.92. The molecule has 0 spiro atoms. The molecule has 1 aliphatic rings. The summed E-state index contributed by atoms with van der Waals surface area (Å²) in [5.41, 5.74) is 1.82. The molecular formula is C19H15BrN2O3S. The predicted octanol–water partition coefficient (Wildman–Crippen LogP) is 4.13. The summed E-state index contributed by atoms with van der Waals surface area (Å²) in [7, 11) is 0. The van der Waals surface area contributed by atoms with Gasteiger partial charge in [0.15, 0.2) is 5.17 Å². The lowest BCUT2D eigenvalue weighted by Gasteiger charge is -2.10. The zero-order chi connectivity index (χ0) is 18.5. The second-order valence-corrected chi connectivity index (χ2v) is 7.41. The van der Waals surface area contributed by atoms with Crippen LogP contribution in [-0.4, -0.2) is 17.0 Å². The van der Waals surface area contributed by atoms with Gasteiger partial charge in [-0.1, -0.05) is 46.3 Å². The minimum absolute atomic E-state index is 0.261. The molecule has 2 amide bonds. The minimum Gasteiger partial charge on any atom is -0.488 e. The number of thioether (sulfide) groups is 1. The van der Waals surface area contributed by atoms with Crippen molar-refractivity contribution in [2.24, 2.45) is 4.99 Å². The van der Waals surface area contributed by atoms with Crippen LogP contribution in [0.5, 0.6) is 5.75 Å². The summed E-state index contributed by atoms with van der Waals surface area (Å²) in [6.45, 7) is 1.79. The maximum absolute atomic E-state index is 12.0. The van der Waals surface area contributed by atoms with E-state index in [4.69, 9.17) is 4.74 Å². The molecule has 0 atom stereocenters. The van der Waals surface area contributed by atoms with E-state index in [9.17, 15) is 9.59 Å². The first-order chi connectivity index (χ1) is 12.5. The Balaban J connectivity index is 1.74. The highest BCUT2D eigenvalue weighted by Crippen LogP contribution is 2.30. The first kappa shape index (κ1) is 18.4. The van der Waals surface area contributed by atoms with E-state index >= 15 is 0 Å². The van der Waals surface area contributed by atoms with Crippen molar-refractivity contribution in [2.75, 3.05) is 0 Å². The minimum atomic E-state index is -0.374. The van der Waals surface area contributed by atoms with Gasteiger partial charge < -0.3 is 10.1 Å². The number of carbonyl (C=O) groups is 2. The summed E-state index contributed by atoms with van der Waals surface area (Å²) in [4.78, 5) is 27.4. The van der Waals surface area contributed by atoms with Gasteiger partial charge >= 0.3 is 0 Å². The number of halogens is 1. The smallest absolute Gasteiger partial charge is 0.286 e. The van der Waals surface area contributed by atoms with Crippen molar-refractivity contribution in [3.8, 4) is 5.75 Å². The lowest BCUT2D eigenvalue weighted by Crippen LogP contribution is -2.23. The van der Waals surface area contributed by atoms with Gasteiger partial charge in [0.1, 0.15) is 12.4 Å². The van der Waals surface area contributed by atoms with Crippen LogP contribution in [-0.2, 0) is 16.2 Å². The molecule has 0 bridgehead atoms. The van der Waals surface area contributed by atoms with Gasteiger partial charge in [-0.3, -0.25) is 9.59 Å². The molecule has 0 saturated carbocycles. The molecule has 0 fully saturated rings. The third-order valence-electron chi connectivity index (χ3n) is 3.42. The standard InChI is InChI=1S/C19H15BrN2O3S/c1-12(23)21-19-22-18(24)17(26-19)10-14-4-2-3-5-16(14)25-11-13-6-8-15(20)9-7-13/h2-10H,11H2,1H3,(H,21,22,23,24)/b17-10+. The number of hydrogen-bond donors (Lipinski definition) is 1. The van der Waals surface area contributed by atoms with Crippen LogP contribution in [0.4, 0.5) is 0 Å². The lowest BCUT2D eigenvalue weighted by molar-refractivity contribution is -0.117. The molecule has 26 heavy (non-hydrogen) atoms.